The average Bonchev–Trinajstić information content (AvgIpc) is 2.65. The van der Waals surface area contributed by atoms with Crippen molar-refractivity contribution in [1.82, 2.24) is 0 Å². The fraction of sp³-hybridized carbons (Fsp3) is 0.211. The van der Waals surface area contributed by atoms with E-state index < -0.39 is 24.5 Å². The van der Waals surface area contributed by atoms with Crippen LogP contribution < -0.4 is 5.32 Å². The average molecular weight is 359 g/mol. The maximum atomic E-state index is 12.8. The van der Waals surface area contributed by atoms with Crippen LogP contribution in [0.1, 0.15) is 22.3 Å². The van der Waals surface area contributed by atoms with Crippen molar-refractivity contribution in [3.63, 3.8) is 0 Å². The van der Waals surface area contributed by atoms with Gasteiger partial charge in [0.2, 0.25) is 0 Å². The molecule has 0 aromatic heterocycles. The first-order valence-electron chi connectivity index (χ1n) is 7.87. The highest BCUT2D eigenvalue weighted by Gasteiger charge is 2.14. The zero-order valence-corrected chi connectivity index (χ0v) is 14.2. The molecule has 0 aliphatic heterocycles. The SMILES string of the molecule is COC(=O)c1ccccc1NC(=O)COC(=O)CCc1ccc(F)cc1. The van der Waals surface area contributed by atoms with Crippen LogP contribution in [0.5, 0.6) is 0 Å². The van der Waals surface area contributed by atoms with Crippen molar-refractivity contribution in [3.8, 4) is 0 Å². The van der Waals surface area contributed by atoms with Crippen LogP contribution in [-0.4, -0.2) is 31.6 Å². The second kappa shape index (κ2) is 9.31. The van der Waals surface area contributed by atoms with Gasteiger partial charge in [0.1, 0.15) is 5.82 Å². The molecule has 0 fully saturated rings. The van der Waals surface area contributed by atoms with Gasteiger partial charge in [-0.25, -0.2) is 9.18 Å². The number of hydrogen-bond acceptors (Lipinski definition) is 5. The van der Waals surface area contributed by atoms with E-state index in [2.05, 4.69) is 10.1 Å². The van der Waals surface area contributed by atoms with Crippen LogP contribution in [0.25, 0.3) is 0 Å². The first-order valence-corrected chi connectivity index (χ1v) is 7.87. The smallest absolute Gasteiger partial charge is 0.339 e. The van der Waals surface area contributed by atoms with E-state index in [1.807, 2.05) is 0 Å². The molecule has 0 aliphatic carbocycles. The first kappa shape index (κ1) is 19.1. The molecule has 0 saturated carbocycles. The third-order valence-electron chi connectivity index (χ3n) is 3.50. The molecule has 0 aliphatic rings. The molecule has 2 aromatic carbocycles. The van der Waals surface area contributed by atoms with E-state index in [0.717, 1.165) is 5.56 Å². The summed E-state index contributed by atoms with van der Waals surface area (Å²) >= 11 is 0. The zero-order chi connectivity index (χ0) is 18.9. The Morgan fingerprint density at radius 3 is 2.42 bits per heavy atom. The molecule has 6 nitrogen and oxygen atoms in total. The molecule has 0 spiro atoms. The minimum Gasteiger partial charge on any atom is -0.465 e. The summed E-state index contributed by atoms with van der Waals surface area (Å²) in [7, 11) is 1.24. The summed E-state index contributed by atoms with van der Waals surface area (Å²) in [6, 6.07) is 12.1. The van der Waals surface area contributed by atoms with Crippen molar-refractivity contribution in [3.05, 3.63) is 65.5 Å². The summed E-state index contributed by atoms with van der Waals surface area (Å²) in [4.78, 5) is 35.3. The Kier molecular flexibility index (Phi) is 6.84. The van der Waals surface area contributed by atoms with Crippen molar-refractivity contribution in [2.45, 2.75) is 12.8 Å². The lowest BCUT2D eigenvalue weighted by Gasteiger charge is -2.10. The molecule has 1 N–H and O–H groups in total. The Bertz CT molecular complexity index is 789. The summed E-state index contributed by atoms with van der Waals surface area (Å²) < 4.78 is 22.4. The van der Waals surface area contributed by atoms with Gasteiger partial charge in [-0.05, 0) is 36.2 Å². The van der Waals surface area contributed by atoms with E-state index in [9.17, 15) is 18.8 Å². The Labute approximate surface area is 149 Å². The van der Waals surface area contributed by atoms with E-state index in [1.165, 1.54) is 25.3 Å². The molecule has 2 rings (SSSR count). The number of halogens is 1. The number of benzene rings is 2. The Hall–Kier alpha value is -3.22. The number of ether oxygens (including phenoxy) is 2. The Morgan fingerprint density at radius 2 is 1.73 bits per heavy atom. The predicted molar refractivity (Wildman–Crippen MR) is 92.1 cm³/mol. The molecule has 2 aromatic rings. The second-order valence-corrected chi connectivity index (χ2v) is 5.37. The lowest BCUT2D eigenvalue weighted by atomic mass is 10.1. The number of methoxy groups -OCH3 is 1. The van der Waals surface area contributed by atoms with Crippen LogP contribution in [-0.2, 0) is 25.5 Å². The summed E-state index contributed by atoms with van der Waals surface area (Å²) in [6.07, 6.45) is 0.448. The summed E-state index contributed by atoms with van der Waals surface area (Å²) in [6.45, 7) is -0.474. The minimum absolute atomic E-state index is 0.0671. The molecule has 136 valence electrons. The highest BCUT2D eigenvalue weighted by molar-refractivity contribution is 6.01. The van der Waals surface area contributed by atoms with Gasteiger partial charge in [-0.3, -0.25) is 9.59 Å². The molecule has 0 heterocycles. The lowest BCUT2D eigenvalue weighted by molar-refractivity contribution is -0.147. The normalized spacial score (nSPS) is 10.1. The fourth-order valence-electron chi connectivity index (χ4n) is 2.18. The predicted octanol–water partition coefficient (Wildman–Crippen LogP) is 2.73. The number of amides is 1. The summed E-state index contributed by atoms with van der Waals surface area (Å²) in [5, 5.41) is 2.50. The molecule has 0 bridgehead atoms. The molecule has 0 radical (unpaired) electrons. The number of hydrogen-bond donors (Lipinski definition) is 1. The van der Waals surface area contributed by atoms with Crippen LogP contribution in [0.4, 0.5) is 10.1 Å². The molecule has 0 atom stereocenters. The minimum atomic E-state index is -0.586. The third-order valence-corrected chi connectivity index (χ3v) is 3.50. The van der Waals surface area contributed by atoms with Gasteiger partial charge >= 0.3 is 11.9 Å². The lowest BCUT2D eigenvalue weighted by Crippen LogP contribution is -2.22. The van der Waals surface area contributed by atoms with Gasteiger partial charge in [0.25, 0.3) is 5.91 Å². The number of para-hydroxylation sites is 1. The number of carbonyl (C=O) groups excluding carboxylic acids is 3. The number of aryl methyl sites for hydroxylation is 1. The van der Waals surface area contributed by atoms with Crippen molar-refractivity contribution < 1.29 is 28.2 Å². The largest absolute Gasteiger partial charge is 0.465 e. The van der Waals surface area contributed by atoms with Crippen molar-refractivity contribution >= 4 is 23.5 Å². The molecular weight excluding hydrogens is 341 g/mol. The maximum Gasteiger partial charge on any atom is 0.339 e. The number of rotatable bonds is 7. The number of anilines is 1. The van der Waals surface area contributed by atoms with Gasteiger partial charge in [-0.1, -0.05) is 24.3 Å². The topological polar surface area (TPSA) is 81.7 Å². The molecule has 7 heteroatoms. The van der Waals surface area contributed by atoms with Crippen molar-refractivity contribution in [2.24, 2.45) is 0 Å². The van der Waals surface area contributed by atoms with Crippen molar-refractivity contribution in [1.29, 1.82) is 0 Å². The van der Waals surface area contributed by atoms with Gasteiger partial charge in [0.15, 0.2) is 6.61 Å². The molecule has 1 amide bonds. The van der Waals surface area contributed by atoms with E-state index in [-0.39, 0.29) is 23.5 Å². The number of nitrogens with one attached hydrogen (secondary N) is 1. The van der Waals surface area contributed by atoms with Crippen LogP contribution >= 0.6 is 0 Å². The van der Waals surface area contributed by atoms with Crippen LogP contribution in [0, 0.1) is 5.82 Å². The number of esters is 2. The maximum absolute atomic E-state index is 12.8. The highest BCUT2D eigenvalue weighted by Crippen LogP contribution is 2.16. The summed E-state index contributed by atoms with van der Waals surface area (Å²) in [5.41, 5.74) is 1.26. The third kappa shape index (κ3) is 5.70. The monoisotopic (exact) mass is 359 g/mol. The van der Waals surface area contributed by atoms with E-state index >= 15 is 0 Å². The number of carbonyl (C=O) groups is 3. The van der Waals surface area contributed by atoms with E-state index in [0.29, 0.717) is 6.42 Å². The molecular formula is C19H18FNO5. The van der Waals surface area contributed by atoms with E-state index in [1.54, 1.807) is 30.3 Å². The van der Waals surface area contributed by atoms with Crippen LogP contribution in [0.15, 0.2) is 48.5 Å². The van der Waals surface area contributed by atoms with Gasteiger partial charge < -0.3 is 14.8 Å². The fourth-order valence-corrected chi connectivity index (χ4v) is 2.18. The van der Waals surface area contributed by atoms with Gasteiger partial charge in [0, 0.05) is 6.42 Å². The highest BCUT2D eigenvalue weighted by atomic mass is 19.1. The van der Waals surface area contributed by atoms with Crippen LogP contribution in [0.3, 0.4) is 0 Å². The molecule has 0 unspecified atom stereocenters. The van der Waals surface area contributed by atoms with Crippen molar-refractivity contribution in [2.75, 3.05) is 19.0 Å². The Morgan fingerprint density at radius 1 is 1.04 bits per heavy atom. The second-order valence-electron chi connectivity index (χ2n) is 5.37. The van der Waals surface area contributed by atoms with Crippen LogP contribution in [0.2, 0.25) is 0 Å². The standard InChI is InChI=1S/C19H18FNO5/c1-25-19(24)15-4-2-3-5-16(15)21-17(22)12-26-18(23)11-8-13-6-9-14(20)10-7-13/h2-7,9-10H,8,11-12H2,1H3,(H,21,22). The molecule has 0 saturated heterocycles. The molecule has 26 heavy (non-hydrogen) atoms. The van der Waals surface area contributed by atoms with E-state index in [4.69, 9.17) is 4.74 Å². The first-order chi connectivity index (χ1) is 12.5. The van der Waals surface area contributed by atoms with Gasteiger partial charge in [-0.15, -0.1) is 0 Å². The zero-order valence-electron chi connectivity index (χ0n) is 14.2. The Balaban J connectivity index is 1.80. The van der Waals surface area contributed by atoms with Gasteiger partial charge in [-0.2, -0.15) is 0 Å². The van der Waals surface area contributed by atoms with Gasteiger partial charge in [0.05, 0.1) is 18.4 Å². The quantitative estimate of drug-likeness (QED) is 0.769. The summed E-state index contributed by atoms with van der Waals surface area (Å²) in [5.74, 6) is -2.06.